The molecule has 5 heteroatoms. The topological polar surface area (TPSA) is 35.0 Å². The van der Waals surface area contributed by atoms with Gasteiger partial charge in [0.05, 0.1) is 7.11 Å². The average molecular weight is 344 g/mol. The molecule has 0 bridgehead atoms. The lowest BCUT2D eigenvalue weighted by Crippen LogP contribution is -1.90. The van der Waals surface area contributed by atoms with Crippen molar-refractivity contribution in [1.29, 1.82) is 0 Å². The fraction of sp³-hybridized carbons (Fsp3) is 0.0909. The highest BCUT2D eigenvalue weighted by molar-refractivity contribution is 9.11. The van der Waals surface area contributed by atoms with Crippen molar-refractivity contribution in [2.75, 3.05) is 7.11 Å². The average Bonchev–Trinajstić information content (AvgIpc) is 2.28. The van der Waals surface area contributed by atoms with Gasteiger partial charge in [0.25, 0.3) is 0 Å². The summed E-state index contributed by atoms with van der Waals surface area (Å²) in [5, 5.41) is 0. The highest BCUT2D eigenvalue weighted by Crippen LogP contribution is 2.22. The largest absolute Gasteiger partial charge is 0.497 e. The molecule has 0 aliphatic carbocycles. The van der Waals surface area contributed by atoms with Gasteiger partial charge in [0.2, 0.25) is 0 Å². The maximum Gasteiger partial charge on any atom is 0.161 e. The van der Waals surface area contributed by atoms with E-state index in [1.54, 1.807) is 13.2 Å². The molecule has 0 aliphatic heterocycles. The van der Waals surface area contributed by atoms with Crippen molar-refractivity contribution in [3.63, 3.8) is 0 Å². The molecule has 0 spiro atoms. The van der Waals surface area contributed by atoms with Gasteiger partial charge in [-0.2, -0.15) is 0 Å². The van der Waals surface area contributed by atoms with E-state index >= 15 is 0 Å². The fourth-order valence-electron chi connectivity index (χ4n) is 1.26. The molecule has 1 heterocycles. The second kappa shape index (κ2) is 4.93. The molecule has 0 saturated heterocycles. The van der Waals surface area contributed by atoms with Crippen LogP contribution in [0.3, 0.4) is 0 Å². The van der Waals surface area contributed by atoms with E-state index in [1.807, 2.05) is 24.3 Å². The highest BCUT2D eigenvalue weighted by atomic mass is 79.9. The smallest absolute Gasteiger partial charge is 0.161 e. The molecule has 0 fully saturated rings. The van der Waals surface area contributed by atoms with Gasteiger partial charge >= 0.3 is 0 Å². The van der Waals surface area contributed by atoms with E-state index in [2.05, 4.69) is 41.8 Å². The number of ether oxygens (including phenoxy) is 1. The Labute approximate surface area is 110 Å². The van der Waals surface area contributed by atoms with Crippen molar-refractivity contribution in [3.8, 4) is 17.1 Å². The molecule has 2 rings (SSSR count). The molecule has 0 saturated carbocycles. The zero-order valence-electron chi connectivity index (χ0n) is 8.45. The number of hydrogen-bond donors (Lipinski definition) is 0. The lowest BCUT2D eigenvalue weighted by molar-refractivity contribution is 0.415. The number of benzene rings is 1. The first-order valence-electron chi connectivity index (χ1n) is 4.53. The standard InChI is InChI=1S/C11H8Br2N2O/c1-16-8-4-2-7(3-5-8)11-14-9(12)6-10(13)15-11/h2-6H,1H3. The van der Waals surface area contributed by atoms with Crippen LogP contribution in [0.15, 0.2) is 39.5 Å². The first kappa shape index (κ1) is 11.5. The van der Waals surface area contributed by atoms with Crippen LogP contribution in [0, 0.1) is 0 Å². The third kappa shape index (κ3) is 2.59. The fourth-order valence-corrected chi connectivity index (χ4v) is 2.34. The molecule has 0 N–H and O–H groups in total. The van der Waals surface area contributed by atoms with Crippen molar-refractivity contribution in [3.05, 3.63) is 39.5 Å². The van der Waals surface area contributed by atoms with Crippen LogP contribution in [0.4, 0.5) is 0 Å². The van der Waals surface area contributed by atoms with Crippen LogP contribution in [0.25, 0.3) is 11.4 Å². The Balaban J connectivity index is 2.42. The Kier molecular flexibility index (Phi) is 3.56. The first-order valence-corrected chi connectivity index (χ1v) is 6.12. The van der Waals surface area contributed by atoms with E-state index in [0.29, 0.717) is 5.82 Å². The Morgan fingerprint density at radius 1 is 1.00 bits per heavy atom. The molecule has 0 unspecified atom stereocenters. The monoisotopic (exact) mass is 342 g/mol. The van der Waals surface area contributed by atoms with Gasteiger partial charge in [-0.05, 0) is 56.1 Å². The molecule has 0 amide bonds. The molecule has 3 nitrogen and oxygen atoms in total. The van der Waals surface area contributed by atoms with Crippen LogP contribution >= 0.6 is 31.9 Å². The molecule has 82 valence electrons. The number of rotatable bonds is 2. The van der Waals surface area contributed by atoms with E-state index in [4.69, 9.17) is 4.74 Å². The molecule has 0 aliphatic rings. The quantitative estimate of drug-likeness (QED) is 0.780. The van der Waals surface area contributed by atoms with Gasteiger partial charge in [-0.15, -0.1) is 0 Å². The maximum absolute atomic E-state index is 5.09. The molecule has 0 atom stereocenters. The Morgan fingerprint density at radius 3 is 2.06 bits per heavy atom. The van der Waals surface area contributed by atoms with Crippen molar-refractivity contribution < 1.29 is 4.74 Å². The van der Waals surface area contributed by atoms with Gasteiger partial charge in [0.1, 0.15) is 15.0 Å². The van der Waals surface area contributed by atoms with Crippen LogP contribution < -0.4 is 4.74 Å². The Morgan fingerprint density at radius 2 is 1.56 bits per heavy atom. The minimum atomic E-state index is 0.670. The highest BCUT2D eigenvalue weighted by Gasteiger charge is 2.04. The second-order valence-electron chi connectivity index (χ2n) is 3.07. The third-order valence-corrected chi connectivity index (χ3v) is 2.82. The second-order valence-corrected chi connectivity index (χ2v) is 4.69. The van der Waals surface area contributed by atoms with Gasteiger partial charge in [-0.25, -0.2) is 9.97 Å². The summed E-state index contributed by atoms with van der Waals surface area (Å²) in [4.78, 5) is 8.59. The number of methoxy groups -OCH3 is 1. The maximum atomic E-state index is 5.09. The zero-order valence-corrected chi connectivity index (χ0v) is 11.6. The van der Waals surface area contributed by atoms with E-state index in [0.717, 1.165) is 20.5 Å². The first-order chi connectivity index (χ1) is 7.69. The van der Waals surface area contributed by atoms with E-state index in [-0.39, 0.29) is 0 Å². The van der Waals surface area contributed by atoms with Gasteiger partial charge in [-0.1, -0.05) is 0 Å². The van der Waals surface area contributed by atoms with Crippen LogP contribution in [0.2, 0.25) is 0 Å². The third-order valence-electron chi connectivity index (χ3n) is 2.01. The predicted molar refractivity (Wildman–Crippen MR) is 69.4 cm³/mol. The van der Waals surface area contributed by atoms with Crippen molar-refractivity contribution in [2.24, 2.45) is 0 Å². The van der Waals surface area contributed by atoms with E-state index in [9.17, 15) is 0 Å². The zero-order chi connectivity index (χ0) is 11.5. The van der Waals surface area contributed by atoms with Gasteiger partial charge in [0, 0.05) is 11.6 Å². The minimum absolute atomic E-state index is 0.670. The van der Waals surface area contributed by atoms with Gasteiger partial charge < -0.3 is 4.74 Å². The summed E-state index contributed by atoms with van der Waals surface area (Å²) in [5.74, 6) is 1.49. The van der Waals surface area contributed by atoms with Crippen LogP contribution in [-0.2, 0) is 0 Å². The van der Waals surface area contributed by atoms with Crippen LogP contribution in [0.1, 0.15) is 0 Å². The van der Waals surface area contributed by atoms with Crippen LogP contribution in [-0.4, -0.2) is 17.1 Å². The molecule has 1 aromatic heterocycles. The lowest BCUT2D eigenvalue weighted by Gasteiger charge is -2.03. The summed E-state index contributed by atoms with van der Waals surface area (Å²) in [7, 11) is 1.64. The summed E-state index contributed by atoms with van der Waals surface area (Å²) < 4.78 is 6.59. The molecular weight excluding hydrogens is 336 g/mol. The predicted octanol–water partition coefficient (Wildman–Crippen LogP) is 3.68. The summed E-state index contributed by atoms with van der Waals surface area (Å²) >= 11 is 6.67. The molecule has 16 heavy (non-hydrogen) atoms. The lowest BCUT2D eigenvalue weighted by atomic mass is 10.2. The van der Waals surface area contributed by atoms with Crippen LogP contribution in [0.5, 0.6) is 5.75 Å². The van der Waals surface area contributed by atoms with E-state index in [1.165, 1.54) is 0 Å². The molecular formula is C11H8Br2N2O. The Bertz CT molecular complexity index is 480. The van der Waals surface area contributed by atoms with Crippen molar-refractivity contribution in [2.45, 2.75) is 0 Å². The minimum Gasteiger partial charge on any atom is -0.497 e. The van der Waals surface area contributed by atoms with Gasteiger partial charge in [0.15, 0.2) is 5.82 Å². The summed E-state index contributed by atoms with van der Waals surface area (Å²) in [6.45, 7) is 0. The normalized spacial score (nSPS) is 10.2. The summed E-state index contributed by atoms with van der Waals surface area (Å²) in [6.07, 6.45) is 0. The van der Waals surface area contributed by atoms with E-state index < -0.39 is 0 Å². The van der Waals surface area contributed by atoms with Crippen molar-refractivity contribution >= 4 is 31.9 Å². The molecule has 0 radical (unpaired) electrons. The Hall–Kier alpha value is -0.940. The summed E-state index contributed by atoms with van der Waals surface area (Å²) in [5.41, 5.74) is 0.947. The number of nitrogens with zero attached hydrogens (tertiary/aromatic N) is 2. The molecule has 2 aromatic rings. The van der Waals surface area contributed by atoms with Crippen molar-refractivity contribution in [1.82, 2.24) is 9.97 Å². The number of hydrogen-bond acceptors (Lipinski definition) is 3. The molecule has 1 aromatic carbocycles. The number of aromatic nitrogens is 2. The number of halogens is 2. The SMILES string of the molecule is COc1ccc(-c2nc(Br)cc(Br)n2)cc1. The summed E-state index contributed by atoms with van der Waals surface area (Å²) in [6, 6.07) is 9.41. The van der Waals surface area contributed by atoms with Gasteiger partial charge in [-0.3, -0.25) is 0 Å².